The zero-order valence-corrected chi connectivity index (χ0v) is 12.7. The van der Waals surface area contributed by atoms with Gasteiger partial charge in [0, 0.05) is 24.7 Å². The Kier molecular flexibility index (Phi) is 4.49. The summed E-state index contributed by atoms with van der Waals surface area (Å²) in [4.78, 5) is 32.1. The minimum atomic E-state index is -0.438. The molecule has 0 aromatic carbocycles. The fourth-order valence-electron chi connectivity index (χ4n) is 2.48. The molecule has 1 aliphatic heterocycles. The Hall–Kier alpha value is -1.34. The van der Waals surface area contributed by atoms with E-state index in [0.717, 1.165) is 6.42 Å². The Morgan fingerprint density at radius 1 is 1.60 bits per heavy atom. The van der Waals surface area contributed by atoms with Crippen LogP contribution in [0.1, 0.15) is 29.4 Å². The third kappa shape index (κ3) is 2.88. The summed E-state index contributed by atoms with van der Waals surface area (Å²) in [6.45, 7) is 4.63. The standard InChI is InChI=1S/C13H19N3O3S/c1-7-10(11(20-3)15-13(19)14-7)12(18)16-5-4-9(6-16)8(2)17/h8-9,17H,4-6H2,1-3H3,(H,14,15,19). The maximum atomic E-state index is 12.6. The summed E-state index contributed by atoms with van der Waals surface area (Å²) in [6, 6.07) is 0. The second-order valence-corrected chi connectivity index (χ2v) is 5.89. The Labute approximate surface area is 121 Å². The number of aliphatic hydroxyl groups excluding tert-OH is 1. The van der Waals surface area contributed by atoms with Crippen molar-refractivity contribution in [3.8, 4) is 0 Å². The zero-order chi connectivity index (χ0) is 14.9. The molecule has 0 saturated carbocycles. The Morgan fingerprint density at radius 2 is 2.30 bits per heavy atom. The second-order valence-electron chi connectivity index (χ2n) is 5.09. The van der Waals surface area contributed by atoms with Gasteiger partial charge in [0.25, 0.3) is 5.91 Å². The molecule has 20 heavy (non-hydrogen) atoms. The molecule has 6 nitrogen and oxygen atoms in total. The largest absolute Gasteiger partial charge is 0.393 e. The van der Waals surface area contributed by atoms with Gasteiger partial charge in [0.05, 0.1) is 11.7 Å². The summed E-state index contributed by atoms with van der Waals surface area (Å²) >= 11 is 1.29. The number of nitrogens with one attached hydrogen (secondary N) is 1. The van der Waals surface area contributed by atoms with Gasteiger partial charge in [-0.25, -0.2) is 4.79 Å². The molecule has 1 aromatic heterocycles. The normalized spacial score (nSPS) is 20.2. The van der Waals surface area contributed by atoms with Crippen LogP contribution in [0.15, 0.2) is 9.82 Å². The van der Waals surface area contributed by atoms with Gasteiger partial charge in [-0.3, -0.25) is 4.79 Å². The number of H-pyrrole nitrogens is 1. The summed E-state index contributed by atoms with van der Waals surface area (Å²) in [7, 11) is 0. The quantitative estimate of drug-likeness (QED) is 0.632. The smallest absolute Gasteiger partial charge is 0.346 e. The van der Waals surface area contributed by atoms with Crippen molar-refractivity contribution in [1.82, 2.24) is 14.9 Å². The van der Waals surface area contributed by atoms with Gasteiger partial charge < -0.3 is 15.0 Å². The number of nitrogens with zero attached hydrogens (tertiary/aromatic N) is 2. The van der Waals surface area contributed by atoms with Gasteiger partial charge in [0.15, 0.2) is 0 Å². The monoisotopic (exact) mass is 297 g/mol. The van der Waals surface area contributed by atoms with Gasteiger partial charge in [-0.2, -0.15) is 4.98 Å². The van der Waals surface area contributed by atoms with Crippen molar-refractivity contribution in [2.45, 2.75) is 31.4 Å². The van der Waals surface area contributed by atoms with Crippen LogP contribution in [0, 0.1) is 12.8 Å². The van der Waals surface area contributed by atoms with E-state index in [9.17, 15) is 14.7 Å². The number of aliphatic hydroxyl groups is 1. The number of thioether (sulfide) groups is 1. The lowest BCUT2D eigenvalue weighted by Gasteiger charge is -2.19. The maximum absolute atomic E-state index is 12.6. The molecule has 1 fully saturated rings. The van der Waals surface area contributed by atoms with E-state index >= 15 is 0 Å². The molecule has 2 heterocycles. The average molecular weight is 297 g/mol. The molecule has 2 rings (SSSR count). The highest BCUT2D eigenvalue weighted by Crippen LogP contribution is 2.25. The Bertz CT molecular complexity index is 570. The van der Waals surface area contributed by atoms with Crippen LogP contribution in [0.2, 0.25) is 0 Å². The molecule has 1 amide bonds. The minimum absolute atomic E-state index is 0.118. The van der Waals surface area contributed by atoms with Crippen LogP contribution in [-0.4, -0.2) is 51.3 Å². The van der Waals surface area contributed by atoms with Gasteiger partial charge in [-0.05, 0) is 26.5 Å². The lowest BCUT2D eigenvalue weighted by Crippen LogP contribution is -2.32. The van der Waals surface area contributed by atoms with E-state index in [1.807, 2.05) is 0 Å². The van der Waals surface area contributed by atoms with Gasteiger partial charge in [0.2, 0.25) is 0 Å². The van der Waals surface area contributed by atoms with Crippen LogP contribution < -0.4 is 5.69 Å². The molecule has 2 atom stereocenters. The van der Waals surface area contributed by atoms with Gasteiger partial charge in [0.1, 0.15) is 5.03 Å². The number of aryl methyl sites for hydroxylation is 1. The number of rotatable bonds is 3. The highest BCUT2D eigenvalue weighted by Gasteiger charge is 2.31. The summed E-state index contributed by atoms with van der Waals surface area (Å²) in [5.41, 5.74) is 0.565. The van der Waals surface area contributed by atoms with Crippen LogP contribution >= 0.6 is 11.8 Å². The van der Waals surface area contributed by atoms with Crippen LogP contribution in [0.3, 0.4) is 0 Å². The van der Waals surface area contributed by atoms with Crippen molar-refractivity contribution in [2.75, 3.05) is 19.3 Å². The fraction of sp³-hybridized carbons (Fsp3) is 0.615. The Morgan fingerprint density at radius 3 is 2.85 bits per heavy atom. The number of aromatic nitrogens is 2. The van der Waals surface area contributed by atoms with Crippen molar-refractivity contribution in [2.24, 2.45) is 5.92 Å². The first-order valence-electron chi connectivity index (χ1n) is 6.56. The fourth-order valence-corrected chi connectivity index (χ4v) is 3.10. The first kappa shape index (κ1) is 15.1. The number of hydrogen-bond donors (Lipinski definition) is 2. The van der Waals surface area contributed by atoms with E-state index in [4.69, 9.17) is 0 Å². The SMILES string of the molecule is CSc1nc(=O)[nH]c(C)c1C(=O)N1CCC(C(C)O)C1. The molecular formula is C13H19N3O3S. The van der Waals surface area contributed by atoms with Crippen molar-refractivity contribution in [3.05, 3.63) is 21.7 Å². The van der Waals surface area contributed by atoms with E-state index < -0.39 is 11.8 Å². The van der Waals surface area contributed by atoms with Crippen LogP contribution in [0.25, 0.3) is 0 Å². The van der Waals surface area contributed by atoms with E-state index in [0.29, 0.717) is 29.4 Å². The van der Waals surface area contributed by atoms with Crippen LogP contribution in [0.4, 0.5) is 0 Å². The highest BCUT2D eigenvalue weighted by molar-refractivity contribution is 7.98. The number of carbonyl (C=O) groups excluding carboxylic acids is 1. The van der Waals surface area contributed by atoms with E-state index in [1.165, 1.54) is 11.8 Å². The van der Waals surface area contributed by atoms with Crippen molar-refractivity contribution >= 4 is 17.7 Å². The summed E-state index contributed by atoms with van der Waals surface area (Å²) < 4.78 is 0. The molecule has 2 unspecified atom stereocenters. The molecule has 7 heteroatoms. The first-order chi connectivity index (χ1) is 9.43. The zero-order valence-electron chi connectivity index (χ0n) is 11.8. The van der Waals surface area contributed by atoms with Gasteiger partial charge in [-0.15, -0.1) is 11.8 Å². The number of aromatic amines is 1. The molecule has 0 bridgehead atoms. The van der Waals surface area contributed by atoms with E-state index in [2.05, 4.69) is 9.97 Å². The predicted octanol–water partition coefficient (Wildman–Crippen LogP) is 0.643. The van der Waals surface area contributed by atoms with Crippen molar-refractivity contribution in [3.63, 3.8) is 0 Å². The maximum Gasteiger partial charge on any atom is 0.346 e. The van der Waals surface area contributed by atoms with Gasteiger partial charge >= 0.3 is 5.69 Å². The van der Waals surface area contributed by atoms with Gasteiger partial charge in [-0.1, -0.05) is 0 Å². The average Bonchev–Trinajstić information content (AvgIpc) is 2.86. The molecule has 0 aliphatic carbocycles. The van der Waals surface area contributed by atoms with E-state index in [1.54, 1.807) is 25.0 Å². The number of hydrogen-bond acceptors (Lipinski definition) is 5. The topological polar surface area (TPSA) is 86.3 Å². The number of likely N-dealkylation sites (tertiary alicyclic amines) is 1. The summed E-state index contributed by atoms with van der Waals surface area (Å²) in [6.07, 6.45) is 2.18. The third-order valence-electron chi connectivity index (χ3n) is 3.69. The summed E-state index contributed by atoms with van der Waals surface area (Å²) in [5.74, 6) is -0.00791. The molecule has 1 aromatic rings. The molecule has 1 aliphatic rings. The Balaban J connectivity index is 2.29. The number of carbonyl (C=O) groups is 1. The minimum Gasteiger partial charge on any atom is -0.393 e. The first-order valence-corrected chi connectivity index (χ1v) is 7.78. The number of amides is 1. The third-order valence-corrected chi connectivity index (χ3v) is 4.37. The molecule has 0 radical (unpaired) electrons. The summed E-state index contributed by atoms with van der Waals surface area (Å²) in [5, 5.41) is 10.1. The predicted molar refractivity (Wildman–Crippen MR) is 77.1 cm³/mol. The molecule has 110 valence electrons. The van der Waals surface area contributed by atoms with E-state index in [-0.39, 0.29) is 11.8 Å². The lowest BCUT2D eigenvalue weighted by atomic mass is 10.0. The lowest BCUT2D eigenvalue weighted by molar-refractivity contribution is 0.0757. The molecule has 2 N–H and O–H groups in total. The molecule has 0 spiro atoms. The van der Waals surface area contributed by atoms with Crippen LogP contribution in [0.5, 0.6) is 0 Å². The second kappa shape index (κ2) is 5.97. The van der Waals surface area contributed by atoms with Crippen molar-refractivity contribution < 1.29 is 9.90 Å². The highest BCUT2D eigenvalue weighted by atomic mass is 32.2. The molecular weight excluding hydrogens is 278 g/mol. The molecule has 1 saturated heterocycles. The van der Waals surface area contributed by atoms with Crippen molar-refractivity contribution in [1.29, 1.82) is 0 Å². The van der Waals surface area contributed by atoms with Crippen LogP contribution in [-0.2, 0) is 0 Å².